The minimum absolute atomic E-state index is 0.134. The molecule has 1 aliphatic rings. The highest BCUT2D eigenvalue weighted by Crippen LogP contribution is 2.38. The van der Waals surface area contributed by atoms with Crippen molar-refractivity contribution in [2.75, 3.05) is 0 Å². The third-order valence-electron chi connectivity index (χ3n) is 2.96. The number of benzene rings is 2. The SMILES string of the molecule is NS(=O)(=O)c1cccc2c1Cc1ccccc1O2. The van der Waals surface area contributed by atoms with Crippen LogP contribution in [0, 0.1) is 0 Å². The second-order valence-electron chi connectivity index (χ2n) is 4.16. The van der Waals surface area contributed by atoms with E-state index < -0.39 is 10.0 Å². The van der Waals surface area contributed by atoms with E-state index in [0.717, 1.165) is 11.3 Å². The molecule has 0 unspecified atom stereocenters. The number of sulfonamides is 1. The Morgan fingerprint density at radius 1 is 1.00 bits per heavy atom. The predicted molar refractivity (Wildman–Crippen MR) is 67.1 cm³/mol. The van der Waals surface area contributed by atoms with Gasteiger partial charge in [-0.05, 0) is 23.8 Å². The lowest BCUT2D eigenvalue weighted by atomic mass is 10.0. The molecule has 0 spiro atoms. The van der Waals surface area contributed by atoms with Gasteiger partial charge in [-0.15, -0.1) is 0 Å². The molecule has 0 amide bonds. The highest BCUT2D eigenvalue weighted by molar-refractivity contribution is 7.89. The molecule has 0 fully saturated rings. The number of nitrogens with two attached hydrogens (primary N) is 1. The number of hydrogen-bond acceptors (Lipinski definition) is 3. The van der Waals surface area contributed by atoms with Crippen LogP contribution in [0.1, 0.15) is 11.1 Å². The zero-order chi connectivity index (χ0) is 12.8. The first-order chi connectivity index (χ1) is 8.55. The summed E-state index contributed by atoms with van der Waals surface area (Å²) in [7, 11) is -3.73. The van der Waals surface area contributed by atoms with E-state index in [1.54, 1.807) is 12.1 Å². The van der Waals surface area contributed by atoms with Gasteiger partial charge in [0, 0.05) is 12.0 Å². The van der Waals surface area contributed by atoms with Crippen LogP contribution in [0.3, 0.4) is 0 Å². The van der Waals surface area contributed by atoms with E-state index in [1.165, 1.54) is 6.07 Å². The molecule has 0 atom stereocenters. The summed E-state index contributed by atoms with van der Waals surface area (Å²) in [5.41, 5.74) is 1.58. The monoisotopic (exact) mass is 261 g/mol. The first-order valence-corrected chi connectivity index (χ1v) is 7.01. The molecule has 5 heteroatoms. The third-order valence-corrected chi connectivity index (χ3v) is 3.95. The average molecular weight is 261 g/mol. The maximum atomic E-state index is 11.5. The first kappa shape index (κ1) is 11.3. The molecule has 1 heterocycles. The molecule has 0 radical (unpaired) electrons. The van der Waals surface area contributed by atoms with Crippen LogP contribution in [0.2, 0.25) is 0 Å². The molecule has 0 bridgehead atoms. The summed E-state index contributed by atoms with van der Waals surface area (Å²) >= 11 is 0. The average Bonchev–Trinajstić information content (AvgIpc) is 2.34. The van der Waals surface area contributed by atoms with Gasteiger partial charge < -0.3 is 4.74 Å². The minimum Gasteiger partial charge on any atom is -0.457 e. The van der Waals surface area contributed by atoms with E-state index >= 15 is 0 Å². The zero-order valence-electron chi connectivity index (χ0n) is 9.46. The molecular weight excluding hydrogens is 250 g/mol. The number of ether oxygens (including phenoxy) is 1. The first-order valence-electron chi connectivity index (χ1n) is 5.46. The molecule has 18 heavy (non-hydrogen) atoms. The number of hydrogen-bond donors (Lipinski definition) is 1. The summed E-state index contributed by atoms with van der Waals surface area (Å²) in [6, 6.07) is 12.4. The van der Waals surface area contributed by atoms with Crippen molar-refractivity contribution in [3.8, 4) is 11.5 Å². The molecular formula is C13H11NO3S. The lowest BCUT2D eigenvalue weighted by molar-refractivity contribution is 0.456. The van der Waals surface area contributed by atoms with Crippen LogP contribution in [0.25, 0.3) is 0 Å². The van der Waals surface area contributed by atoms with Crippen molar-refractivity contribution in [3.05, 3.63) is 53.6 Å². The van der Waals surface area contributed by atoms with E-state index in [1.807, 2.05) is 24.3 Å². The Morgan fingerprint density at radius 3 is 2.50 bits per heavy atom. The van der Waals surface area contributed by atoms with Gasteiger partial charge in [0.15, 0.2) is 0 Å². The number of fused-ring (bicyclic) bond motifs is 2. The van der Waals surface area contributed by atoms with Crippen molar-refractivity contribution in [2.24, 2.45) is 5.14 Å². The fourth-order valence-corrected chi connectivity index (χ4v) is 2.92. The molecule has 2 aromatic rings. The van der Waals surface area contributed by atoms with Gasteiger partial charge in [-0.1, -0.05) is 24.3 Å². The van der Waals surface area contributed by atoms with Gasteiger partial charge in [0.25, 0.3) is 0 Å². The lowest BCUT2D eigenvalue weighted by Gasteiger charge is -2.21. The van der Waals surface area contributed by atoms with Crippen molar-refractivity contribution in [2.45, 2.75) is 11.3 Å². The van der Waals surface area contributed by atoms with Crippen molar-refractivity contribution in [1.29, 1.82) is 0 Å². The standard InChI is InChI=1S/C13H11NO3S/c14-18(15,16)13-7-3-6-12-10(13)8-9-4-1-2-5-11(9)17-12/h1-7H,8H2,(H2,14,15,16). The highest BCUT2D eigenvalue weighted by Gasteiger charge is 2.23. The van der Waals surface area contributed by atoms with Gasteiger partial charge in [0.2, 0.25) is 10.0 Å². The Balaban J connectivity index is 2.20. The van der Waals surface area contributed by atoms with E-state index in [9.17, 15) is 8.42 Å². The number of primary sulfonamides is 1. The Morgan fingerprint density at radius 2 is 1.72 bits per heavy atom. The topological polar surface area (TPSA) is 69.4 Å². The van der Waals surface area contributed by atoms with Crippen LogP contribution in [0.4, 0.5) is 0 Å². The maximum Gasteiger partial charge on any atom is 0.238 e. The van der Waals surface area contributed by atoms with E-state index in [4.69, 9.17) is 9.88 Å². The van der Waals surface area contributed by atoms with Crippen LogP contribution in [0.5, 0.6) is 11.5 Å². The van der Waals surface area contributed by atoms with E-state index in [-0.39, 0.29) is 4.90 Å². The van der Waals surface area contributed by atoms with Gasteiger partial charge in [-0.25, -0.2) is 13.6 Å². The Kier molecular flexibility index (Phi) is 2.39. The second kappa shape index (κ2) is 3.83. The number of para-hydroxylation sites is 1. The molecule has 0 aromatic heterocycles. The van der Waals surface area contributed by atoms with Crippen LogP contribution in [0.15, 0.2) is 47.4 Å². The fraction of sp³-hybridized carbons (Fsp3) is 0.0769. The maximum absolute atomic E-state index is 11.5. The van der Waals surface area contributed by atoms with Gasteiger partial charge in [0.05, 0.1) is 4.90 Å². The molecule has 0 saturated heterocycles. The third kappa shape index (κ3) is 1.77. The molecule has 2 aromatic carbocycles. The van der Waals surface area contributed by atoms with Crippen molar-refractivity contribution in [1.82, 2.24) is 0 Å². The molecule has 1 aliphatic heterocycles. The Bertz CT molecular complexity index is 723. The van der Waals surface area contributed by atoms with Crippen molar-refractivity contribution in [3.63, 3.8) is 0 Å². The summed E-state index contributed by atoms with van der Waals surface area (Å²) in [6.45, 7) is 0. The second-order valence-corrected chi connectivity index (χ2v) is 5.69. The van der Waals surface area contributed by atoms with E-state index in [2.05, 4.69) is 0 Å². The Hall–Kier alpha value is -1.85. The van der Waals surface area contributed by atoms with Gasteiger partial charge in [0.1, 0.15) is 11.5 Å². The quantitative estimate of drug-likeness (QED) is 0.728. The van der Waals surface area contributed by atoms with Crippen LogP contribution in [-0.2, 0) is 16.4 Å². The highest BCUT2D eigenvalue weighted by atomic mass is 32.2. The molecule has 3 rings (SSSR count). The molecule has 4 nitrogen and oxygen atoms in total. The summed E-state index contributed by atoms with van der Waals surface area (Å²) in [4.78, 5) is 0.134. The molecule has 0 saturated carbocycles. The van der Waals surface area contributed by atoms with Gasteiger partial charge in [-0.3, -0.25) is 0 Å². The van der Waals surface area contributed by atoms with Crippen molar-refractivity contribution < 1.29 is 13.2 Å². The van der Waals surface area contributed by atoms with Crippen LogP contribution < -0.4 is 9.88 Å². The predicted octanol–water partition coefficient (Wildman–Crippen LogP) is 2.03. The van der Waals surface area contributed by atoms with Crippen LogP contribution >= 0.6 is 0 Å². The zero-order valence-corrected chi connectivity index (χ0v) is 10.3. The van der Waals surface area contributed by atoms with Gasteiger partial charge >= 0.3 is 0 Å². The smallest absolute Gasteiger partial charge is 0.238 e. The summed E-state index contributed by atoms with van der Waals surface area (Å²) in [6.07, 6.45) is 0.512. The molecule has 2 N–H and O–H groups in total. The Labute approximate surface area is 105 Å². The van der Waals surface area contributed by atoms with E-state index in [0.29, 0.717) is 17.7 Å². The van der Waals surface area contributed by atoms with Gasteiger partial charge in [-0.2, -0.15) is 0 Å². The molecule has 92 valence electrons. The summed E-state index contributed by atoms with van der Waals surface area (Å²) < 4.78 is 28.8. The summed E-state index contributed by atoms with van der Waals surface area (Å²) in [5, 5.41) is 5.22. The fourth-order valence-electron chi connectivity index (χ4n) is 2.14. The lowest BCUT2D eigenvalue weighted by Crippen LogP contribution is -2.16. The summed E-state index contributed by atoms with van der Waals surface area (Å²) in [5.74, 6) is 1.32. The minimum atomic E-state index is -3.73. The normalized spacial score (nSPS) is 13.4. The largest absolute Gasteiger partial charge is 0.457 e. The van der Waals surface area contributed by atoms with Crippen LogP contribution in [-0.4, -0.2) is 8.42 Å². The number of rotatable bonds is 1. The van der Waals surface area contributed by atoms with Crippen molar-refractivity contribution >= 4 is 10.0 Å². The molecule has 0 aliphatic carbocycles.